The molecule has 0 aliphatic carbocycles. The van der Waals surface area contributed by atoms with Crippen LogP contribution in [0.4, 0.5) is 0 Å². The van der Waals surface area contributed by atoms with Crippen LogP contribution in [-0.2, 0) is 29.6 Å². The molecule has 3 rings (SSSR count). The Morgan fingerprint density at radius 2 is 2.00 bits per heavy atom. The van der Waals surface area contributed by atoms with Crippen molar-refractivity contribution in [1.82, 2.24) is 25.0 Å². The Hall–Kier alpha value is -3.16. The van der Waals surface area contributed by atoms with Crippen LogP contribution in [-0.4, -0.2) is 45.1 Å². The molecule has 3 heterocycles. The van der Waals surface area contributed by atoms with Crippen molar-refractivity contribution < 1.29 is 14.0 Å². The SMILES string of the molecule is Cc1nc2c(c(C)nn2C)c(C)c1CCC(=O)N(C)CC(=O)NCc1ccco1. The lowest BCUT2D eigenvalue weighted by atomic mass is 9.99. The van der Waals surface area contributed by atoms with E-state index in [1.807, 2.05) is 20.9 Å². The molecule has 0 aromatic carbocycles. The molecule has 0 bridgehead atoms. The molecular weight excluding hydrogens is 370 g/mol. The average molecular weight is 397 g/mol. The lowest BCUT2D eigenvalue weighted by molar-refractivity contribution is -0.134. The van der Waals surface area contributed by atoms with Crippen molar-refractivity contribution >= 4 is 22.8 Å². The molecule has 2 amide bonds. The van der Waals surface area contributed by atoms with Gasteiger partial charge in [-0.1, -0.05) is 0 Å². The maximum atomic E-state index is 12.5. The second kappa shape index (κ2) is 8.46. The maximum Gasteiger partial charge on any atom is 0.239 e. The number of carbonyl (C=O) groups excluding carboxylic acids is 2. The molecule has 0 aliphatic rings. The fourth-order valence-electron chi connectivity index (χ4n) is 3.61. The summed E-state index contributed by atoms with van der Waals surface area (Å²) >= 11 is 0. The van der Waals surface area contributed by atoms with Gasteiger partial charge in [-0.2, -0.15) is 5.10 Å². The second-order valence-corrected chi connectivity index (χ2v) is 7.31. The molecule has 3 aromatic rings. The monoisotopic (exact) mass is 397 g/mol. The highest BCUT2D eigenvalue weighted by molar-refractivity contribution is 5.85. The molecule has 154 valence electrons. The standard InChI is InChI=1S/C21H27N5O3/c1-13-17(14(2)23-21-20(13)15(3)24-26(21)5)8-9-19(28)25(4)12-18(27)22-11-16-7-6-10-29-16/h6-7,10H,8-9,11-12H2,1-5H3,(H,22,27). The minimum absolute atomic E-state index is 0.0104. The Kier molecular flexibility index (Phi) is 6.00. The second-order valence-electron chi connectivity index (χ2n) is 7.31. The van der Waals surface area contributed by atoms with Gasteiger partial charge in [0.1, 0.15) is 5.76 Å². The highest BCUT2D eigenvalue weighted by Gasteiger charge is 2.18. The van der Waals surface area contributed by atoms with Crippen LogP contribution in [0.15, 0.2) is 22.8 Å². The first-order valence-electron chi connectivity index (χ1n) is 9.60. The third kappa shape index (κ3) is 4.47. The fraction of sp³-hybridized carbons (Fsp3) is 0.429. The predicted octanol–water partition coefficient (Wildman–Crippen LogP) is 2.19. The Balaban J connectivity index is 1.59. The highest BCUT2D eigenvalue weighted by Crippen LogP contribution is 2.26. The molecule has 0 atom stereocenters. The van der Waals surface area contributed by atoms with Crippen LogP contribution >= 0.6 is 0 Å². The van der Waals surface area contributed by atoms with Gasteiger partial charge in [0, 0.05) is 31.6 Å². The minimum Gasteiger partial charge on any atom is -0.467 e. The van der Waals surface area contributed by atoms with Crippen LogP contribution in [0.2, 0.25) is 0 Å². The topological polar surface area (TPSA) is 93.3 Å². The van der Waals surface area contributed by atoms with Crippen molar-refractivity contribution in [3.05, 3.63) is 46.7 Å². The van der Waals surface area contributed by atoms with Crippen molar-refractivity contribution in [3.8, 4) is 0 Å². The number of furan rings is 1. The van der Waals surface area contributed by atoms with Crippen LogP contribution in [0.25, 0.3) is 11.0 Å². The predicted molar refractivity (Wildman–Crippen MR) is 109 cm³/mol. The number of aromatic nitrogens is 3. The highest BCUT2D eigenvalue weighted by atomic mass is 16.3. The van der Waals surface area contributed by atoms with E-state index in [9.17, 15) is 9.59 Å². The Morgan fingerprint density at radius 1 is 1.24 bits per heavy atom. The Bertz CT molecular complexity index is 1040. The van der Waals surface area contributed by atoms with E-state index in [0.29, 0.717) is 25.1 Å². The normalized spacial score (nSPS) is 11.1. The van der Waals surface area contributed by atoms with Gasteiger partial charge in [0.25, 0.3) is 0 Å². The fourth-order valence-corrected chi connectivity index (χ4v) is 3.61. The number of carbonyl (C=O) groups is 2. The third-order valence-electron chi connectivity index (χ3n) is 5.17. The first-order valence-corrected chi connectivity index (χ1v) is 9.60. The van der Waals surface area contributed by atoms with Crippen molar-refractivity contribution in [2.75, 3.05) is 13.6 Å². The lowest BCUT2D eigenvalue weighted by Crippen LogP contribution is -2.38. The van der Waals surface area contributed by atoms with E-state index in [1.54, 1.807) is 30.1 Å². The summed E-state index contributed by atoms with van der Waals surface area (Å²) in [4.78, 5) is 30.7. The molecule has 29 heavy (non-hydrogen) atoms. The number of rotatable bonds is 7. The maximum absolute atomic E-state index is 12.5. The number of nitrogens with zero attached hydrogens (tertiary/aromatic N) is 4. The number of hydrogen-bond acceptors (Lipinski definition) is 5. The third-order valence-corrected chi connectivity index (χ3v) is 5.17. The molecule has 3 aromatic heterocycles. The van der Waals surface area contributed by atoms with E-state index >= 15 is 0 Å². The van der Waals surface area contributed by atoms with E-state index in [4.69, 9.17) is 4.42 Å². The van der Waals surface area contributed by atoms with Crippen LogP contribution in [0.5, 0.6) is 0 Å². The molecule has 0 radical (unpaired) electrons. The van der Waals surface area contributed by atoms with Gasteiger partial charge in [0.05, 0.1) is 25.0 Å². The Morgan fingerprint density at radius 3 is 2.69 bits per heavy atom. The summed E-state index contributed by atoms with van der Waals surface area (Å²) in [5, 5.41) is 8.25. The van der Waals surface area contributed by atoms with Gasteiger partial charge in [-0.3, -0.25) is 14.3 Å². The molecular formula is C21H27N5O3. The van der Waals surface area contributed by atoms with Gasteiger partial charge in [0.15, 0.2) is 5.65 Å². The first-order chi connectivity index (χ1) is 13.8. The molecule has 8 heteroatoms. The smallest absolute Gasteiger partial charge is 0.239 e. The first kappa shape index (κ1) is 20.6. The summed E-state index contributed by atoms with van der Waals surface area (Å²) in [6.07, 6.45) is 2.45. The van der Waals surface area contributed by atoms with E-state index in [2.05, 4.69) is 22.3 Å². The van der Waals surface area contributed by atoms with Gasteiger partial charge in [-0.15, -0.1) is 0 Å². The van der Waals surface area contributed by atoms with E-state index < -0.39 is 0 Å². The number of fused-ring (bicyclic) bond motifs is 1. The van der Waals surface area contributed by atoms with Crippen molar-refractivity contribution in [1.29, 1.82) is 0 Å². The average Bonchev–Trinajstić information content (AvgIpc) is 3.27. The molecule has 1 N–H and O–H groups in total. The molecule has 0 saturated carbocycles. The lowest BCUT2D eigenvalue weighted by Gasteiger charge is -2.17. The zero-order valence-electron chi connectivity index (χ0n) is 17.6. The summed E-state index contributed by atoms with van der Waals surface area (Å²) in [7, 11) is 3.53. The summed E-state index contributed by atoms with van der Waals surface area (Å²) in [6, 6.07) is 3.55. The van der Waals surface area contributed by atoms with E-state index in [1.165, 1.54) is 4.90 Å². The number of likely N-dealkylation sites (N-methyl/N-ethyl adjacent to an activating group) is 1. The quantitative estimate of drug-likeness (QED) is 0.660. The largest absolute Gasteiger partial charge is 0.467 e. The number of amides is 2. The molecule has 0 aliphatic heterocycles. The number of pyridine rings is 1. The van der Waals surface area contributed by atoms with Crippen LogP contribution < -0.4 is 5.32 Å². The van der Waals surface area contributed by atoms with Crippen molar-refractivity contribution in [3.63, 3.8) is 0 Å². The zero-order chi connectivity index (χ0) is 21.1. The summed E-state index contributed by atoms with van der Waals surface area (Å²) < 4.78 is 6.97. The molecule has 0 fully saturated rings. The van der Waals surface area contributed by atoms with Gasteiger partial charge in [-0.25, -0.2) is 4.98 Å². The number of aryl methyl sites for hydroxylation is 4. The van der Waals surface area contributed by atoms with E-state index in [0.717, 1.165) is 33.5 Å². The summed E-state index contributed by atoms with van der Waals surface area (Å²) in [5.74, 6) is 0.366. The summed E-state index contributed by atoms with van der Waals surface area (Å²) in [6.45, 7) is 6.30. The van der Waals surface area contributed by atoms with Crippen LogP contribution in [0.1, 0.15) is 34.7 Å². The number of nitrogens with one attached hydrogen (secondary N) is 1. The minimum atomic E-state index is -0.223. The molecule has 0 unspecified atom stereocenters. The van der Waals surface area contributed by atoms with Crippen LogP contribution in [0.3, 0.4) is 0 Å². The van der Waals surface area contributed by atoms with Gasteiger partial charge in [-0.05, 0) is 50.5 Å². The van der Waals surface area contributed by atoms with Gasteiger partial charge >= 0.3 is 0 Å². The van der Waals surface area contributed by atoms with E-state index in [-0.39, 0.29) is 18.4 Å². The molecule has 0 saturated heterocycles. The summed E-state index contributed by atoms with van der Waals surface area (Å²) in [5.41, 5.74) is 4.88. The van der Waals surface area contributed by atoms with Crippen molar-refractivity contribution in [2.24, 2.45) is 7.05 Å². The molecule has 0 spiro atoms. The zero-order valence-corrected chi connectivity index (χ0v) is 17.6. The van der Waals surface area contributed by atoms with Gasteiger partial charge in [0.2, 0.25) is 11.8 Å². The van der Waals surface area contributed by atoms with Crippen molar-refractivity contribution in [2.45, 2.75) is 40.2 Å². The van der Waals surface area contributed by atoms with Crippen LogP contribution in [0, 0.1) is 20.8 Å². The van der Waals surface area contributed by atoms with Gasteiger partial charge < -0.3 is 14.6 Å². The molecule has 8 nitrogen and oxygen atoms in total. The Labute approximate surface area is 169 Å². The number of hydrogen-bond donors (Lipinski definition) is 1.